The molecule has 2 aromatic carbocycles. The number of nitrogens with zero attached hydrogens (tertiary/aromatic N) is 3. The standard InChI is InChI=1S/C26H30F3N3O3/c27-21-10-8-19(9-11-21)17-30-12-4-14-31(16-15-30)24(33)20-5-3-13-32(18-20)25(34)22-6-1-2-7-23(22)35-26(28)29/h1-2,6-11,20,26H,3-5,12-18H2. The number of likely N-dealkylation sites (tertiary alicyclic amines) is 1. The van der Waals surface area contributed by atoms with Gasteiger partial charge in [-0.1, -0.05) is 24.3 Å². The molecule has 0 aliphatic carbocycles. The van der Waals surface area contributed by atoms with Gasteiger partial charge >= 0.3 is 6.61 Å². The molecule has 2 amide bonds. The molecule has 1 unspecified atom stereocenters. The van der Waals surface area contributed by atoms with Crippen molar-refractivity contribution in [2.24, 2.45) is 5.92 Å². The number of benzene rings is 2. The van der Waals surface area contributed by atoms with Crippen LogP contribution in [0.3, 0.4) is 0 Å². The third kappa shape index (κ3) is 6.54. The number of carbonyl (C=O) groups is 2. The third-order valence-corrected chi connectivity index (χ3v) is 6.61. The van der Waals surface area contributed by atoms with E-state index in [9.17, 15) is 22.8 Å². The SMILES string of the molecule is O=C(c1ccccc1OC(F)F)N1CCCC(C(=O)N2CCCN(Cc3ccc(F)cc3)CC2)C1. The van der Waals surface area contributed by atoms with Crippen LogP contribution in [-0.2, 0) is 11.3 Å². The minimum Gasteiger partial charge on any atom is -0.434 e. The first-order valence-electron chi connectivity index (χ1n) is 12.0. The molecule has 2 aliphatic heterocycles. The molecule has 6 nitrogen and oxygen atoms in total. The zero-order valence-electron chi connectivity index (χ0n) is 19.5. The van der Waals surface area contributed by atoms with E-state index in [1.165, 1.54) is 30.3 Å². The number of carbonyl (C=O) groups excluding carboxylic acids is 2. The first-order chi connectivity index (χ1) is 16.9. The highest BCUT2D eigenvalue weighted by Gasteiger charge is 2.33. The Labute approximate surface area is 203 Å². The molecule has 2 heterocycles. The van der Waals surface area contributed by atoms with Gasteiger partial charge in [-0.2, -0.15) is 8.78 Å². The summed E-state index contributed by atoms with van der Waals surface area (Å²) in [6.45, 7) is 1.21. The predicted molar refractivity (Wildman–Crippen MR) is 125 cm³/mol. The summed E-state index contributed by atoms with van der Waals surface area (Å²) in [5, 5.41) is 0. The maximum atomic E-state index is 13.3. The van der Waals surface area contributed by atoms with Crippen LogP contribution in [0.2, 0.25) is 0 Å². The second kappa shape index (κ2) is 11.6. The van der Waals surface area contributed by atoms with Crippen LogP contribution in [0.5, 0.6) is 5.75 Å². The van der Waals surface area contributed by atoms with Gasteiger partial charge in [-0.05, 0) is 49.1 Å². The van der Waals surface area contributed by atoms with Crippen LogP contribution in [-0.4, -0.2) is 72.4 Å². The number of rotatable bonds is 6. The van der Waals surface area contributed by atoms with E-state index in [4.69, 9.17) is 0 Å². The largest absolute Gasteiger partial charge is 0.434 e. The molecular formula is C26H30F3N3O3. The molecule has 4 rings (SSSR count). The minimum atomic E-state index is -3.02. The first-order valence-corrected chi connectivity index (χ1v) is 12.0. The molecule has 2 fully saturated rings. The number of hydrogen-bond donors (Lipinski definition) is 0. The Balaban J connectivity index is 1.35. The van der Waals surface area contributed by atoms with E-state index < -0.39 is 12.5 Å². The van der Waals surface area contributed by atoms with Crippen molar-refractivity contribution in [3.63, 3.8) is 0 Å². The van der Waals surface area contributed by atoms with Crippen molar-refractivity contribution in [2.45, 2.75) is 32.4 Å². The van der Waals surface area contributed by atoms with Crippen LogP contribution in [0.1, 0.15) is 35.2 Å². The zero-order valence-corrected chi connectivity index (χ0v) is 19.5. The highest BCUT2D eigenvalue weighted by molar-refractivity contribution is 5.97. The average molecular weight is 490 g/mol. The second-order valence-corrected chi connectivity index (χ2v) is 9.05. The molecule has 0 aromatic heterocycles. The van der Waals surface area contributed by atoms with Gasteiger partial charge in [0.1, 0.15) is 11.6 Å². The summed E-state index contributed by atoms with van der Waals surface area (Å²) in [4.78, 5) is 32.1. The molecule has 1 atom stereocenters. The lowest BCUT2D eigenvalue weighted by atomic mass is 9.95. The summed E-state index contributed by atoms with van der Waals surface area (Å²) in [5.41, 5.74) is 1.11. The van der Waals surface area contributed by atoms with Crippen molar-refractivity contribution >= 4 is 11.8 Å². The molecule has 2 saturated heterocycles. The molecule has 0 spiro atoms. The van der Waals surface area contributed by atoms with Crippen molar-refractivity contribution < 1.29 is 27.5 Å². The van der Waals surface area contributed by atoms with Crippen LogP contribution in [0, 0.1) is 11.7 Å². The van der Waals surface area contributed by atoms with Gasteiger partial charge in [-0.25, -0.2) is 4.39 Å². The molecular weight excluding hydrogens is 459 g/mol. The predicted octanol–water partition coefficient (Wildman–Crippen LogP) is 4.01. The number of halogens is 3. The summed E-state index contributed by atoms with van der Waals surface area (Å²) >= 11 is 0. The Morgan fingerprint density at radius 1 is 0.914 bits per heavy atom. The fraction of sp³-hybridized carbons (Fsp3) is 0.462. The Hall–Kier alpha value is -3.07. The normalized spacial score (nSPS) is 19.5. The van der Waals surface area contributed by atoms with Gasteiger partial charge < -0.3 is 14.5 Å². The van der Waals surface area contributed by atoms with Gasteiger partial charge in [0.15, 0.2) is 0 Å². The summed E-state index contributed by atoms with van der Waals surface area (Å²) in [5.74, 6) is -1.11. The number of amides is 2. The monoisotopic (exact) mass is 489 g/mol. The van der Waals surface area contributed by atoms with E-state index in [1.54, 1.807) is 23.1 Å². The fourth-order valence-corrected chi connectivity index (χ4v) is 4.83. The molecule has 2 aliphatic rings. The second-order valence-electron chi connectivity index (χ2n) is 9.05. The number of ether oxygens (including phenoxy) is 1. The third-order valence-electron chi connectivity index (χ3n) is 6.61. The van der Waals surface area contributed by atoms with Crippen molar-refractivity contribution in [1.82, 2.24) is 14.7 Å². The summed E-state index contributed by atoms with van der Waals surface area (Å²) in [6.07, 6.45) is 2.19. The first kappa shape index (κ1) is 25.0. The Bertz CT molecular complexity index is 1020. The van der Waals surface area contributed by atoms with E-state index in [0.29, 0.717) is 39.0 Å². The van der Waals surface area contributed by atoms with Gasteiger partial charge in [0.05, 0.1) is 11.5 Å². The highest BCUT2D eigenvalue weighted by Crippen LogP contribution is 2.26. The topological polar surface area (TPSA) is 53.1 Å². The number of hydrogen-bond acceptors (Lipinski definition) is 4. The molecule has 0 saturated carbocycles. The molecule has 2 aromatic rings. The number of alkyl halides is 2. The van der Waals surface area contributed by atoms with Crippen LogP contribution in [0.4, 0.5) is 13.2 Å². The summed E-state index contributed by atoms with van der Waals surface area (Å²) < 4.78 is 43.2. The van der Waals surface area contributed by atoms with Crippen LogP contribution in [0.25, 0.3) is 0 Å². The average Bonchev–Trinajstić information content (AvgIpc) is 3.10. The van der Waals surface area contributed by atoms with Gasteiger partial charge in [0, 0.05) is 45.8 Å². The van der Waals surface area contributed by atoms with E-state index >= 15 is 0 Å². The molecule has 0 radical (unpaired) electrons. The van der Waals surface area contributed by atoms with E-state index in [2.05, 4.69) is 9.64 Å². The van der Waals surface area contributed by atoms with Crippen molar-refractivity contribution in [3.8, 4) is 5.75 Å². The van der Waals surface area contributed by atoms with Crippen LogP contribution in [0.15, 0.2) is 48.5 Å². The summed E-state index contributed by atoms with van der Waals surface area (Å²) in [7, 11) is 0. The van der Waals surface area contributed by atoms with Crippen LogP contribution >= 0.6 is 0 Å². The van der Waals surface area contributed by atoms with E-state index in [0.717, 1.165) is 25.1 Å². The Morgan fingerprint density at radius 2 is 1.66 bits per heavy atom. The van der Waals surface area contributed by atoms with Crippen LogP contribution < -0.4 is 4.74 Å². The quantitative estimate of drug-likeness (QED) is 0.615. The Morgan fingerprint density at radius 3 is 2.43 bits per heavy atom. The zero-order chi connectivity index (χ0) is 24.8. The van der Waals surface area contributed by atoms with Crippen molar-refractivity contribution in [3.05, 3.63) is 65.5 Å². The van der Waals surface area contributed by atoms with Crippen molar-refractivity contribution in [1.29, 1.82) is 0 Å². The van der Waals surface area contributed by atoms with E-state index in [1.807, 2.05) is 4.90 Å². The molecule has 35 heavy (non-hydrogen) atoms. The van der Waals surface area contributed by atoms with Gasteiger partial charge in [0.2, 0.25) is 5.91 Å². The molecule has 0 bridgehead atoms. The lowest BCUT2D eigenvalue weighted by Gasteiger charge is -2.35. The van der Waals surface area contributed by atoms with Gasteiger partial charge in [0.25, 0.3) is 5.91 Å². The minimum absolute atomic E-state index is 0.0308. The van der Waals surface area contributed by atoms with Gasteiger partial charge in [-0.15, -0.1) is 0 Å². The molecule has 188 valence electrons. The van der Waals surface area contributed by atoms with Gasteiger partial charge in [-0.3, -0.25) is 14.5 Å². The smallest absolute Gasteiger partial charge is 0.387 e. The maximum Gasteiger partial charge on any atom is 0.387 e. The van der Waals surface area contributed by atoms with E-state index in [-0.39, 0.29) is 35.5 Å². The number of para-hydroxylation sites is 1. The lowest BCUT2D eigenvalue weighted by molar-refractivity contribution is -0.136. The number of piperidine rings is 1. The lowest BCUT2D eigenvalue weighted by Crippen LogP contribution is -2.47. The molecule has 0 N–H and O–H groups in total. The molecule has 9 heteroatoms. The van der Waals surface area contributed by atoms with Crippen molar-refractivity contribution in [2.75, 3.05) is 39.3 Å². The maximum absolute atomic E-state index is 13.3. The highest BCUT2D eigenvalue weighted by atomic mass is 19.3. The summed E-state index contributed by atoms with van der Waals surface area (Å²) in [6, 6.07) is 12.4. The Kier molecular flexibility index (Phi) is 8.28. The fourth-order valence-electron chi connectivity index (χ4n) is 4.83.